The zero-order chi connectivity index (χ0) is 24.1. The molecule has 3 aromatic rings. The zero-order valence-corrected chi connectivity index (χ0v) is 18.9. The number of aliphatic hydroxyl groups is 1. The smallest absolute Gasteiger partial charge is 0.270 e. The molecule has 1 amide bonds. The highest BCUT2D eigenvalue weighted by molar-refractivity contribution is 5.93. The predicted molar refractivity (Wildman–Crippen MR) is 117 cm³/mol. The third-order valence-corrected chi connectivity index (χ3v) is 5.51. The topological polar surface area (TPSA) is 137 Å². The van der Waals surface area contributed by atoms with E-state index in [1.54, 1.807) is 13.0 Å². The molecule has 180 valence electrons. The highest BCUT2D eigenvalue weighted by Crippen LogP contribution is 2.20. The van der Waals surface area contributed by atoms with Crippen LogP contribution in [0.15, 0.2) is 24.3 Å². The highest BCUT2D eigenvalue weighted by atomic mass is 19.1. The molecule has 0 aliphatic carbocycles. The number of aryl methyl sites for hydroxylation is 1. The number of hydrogen-bond acceptors (Lipinski definition) is 9. The summed E-state index contributed by atoms with van der Waals surface area (Å²) in [5.41, 5.74) is 1.20. The second kappa shape index (κ2) is 10.6. The van der Waals surface area contributed by atoms with Gasteiger partial charge in [-0.3, -0.25) is 4.79 Å². The Labute approximate surface area is 195 Å². The number of tetrazole rings is 1. The van der Waals surface area contributed by atoms with Gasteiger partial charge < -0.3 is 19.9 Å². The SMILES string of the molecule is COc1cc(CNC(=O)c2cc(-c3nnn(CC4CCC(CO)CO4)n3)nc(C)n2)ccc1F. The van der Waals surface area contributed by atoms with Crippen molar-refractivity contribution in [2.45, 2.75) is 39.0 Å². The van der Waals surface area contributed by atoms with Gasteiger partial charge in [0.15, 0.2) is 11.6 Å². The summed E-state index contributed by atoms with van der Waals surface area (Å²) < 4.78 is 24.3. The van der Waals surface area contributed by atoms with Gasteiger partial charge in [0.25, 0.3) is 5.91 Å². The lowest BCUT2D eigenvalue weighted by Crippen LogP contribution is -2.31. The number of hydrogen-bond donors (Lipinski definition) is 2. The molecule has 11 nitrogen and oxygen atoms in total. The summed E-state index contributed by atoms with van der Waals surface area (Å²) in [7, 11) is 1.38. The van der Waals surface area contributed by atoms with Crippen LogP contribution in [0.4, 0.5) is 4.39 Å². The number of aromatic nitrogens is 6. The third-order valence-electron chi connectivity index (χ3n) is 5.51. The van der Waals surface area contributed by atoms with Crippen LogP contribution in [0.25, 0.3) is 11.5 Å². The van der Waals surface area contributed by atoms with Gasteiger partial charge in [0.2, 0.25) is 5.82 Å². The second-order valence-electron chi connectivity index (χ2n) is 8.09. The molecule has 2 unspecified atom stereocenters. The van der Waals surface area contributed by atoms with Gasteiger partial charge in [0.05, 0.1) is 26.4 Å². The number of nitrogens with zero attached hydrogens (tertiary/aromatic N) is 6. The summed E-state index contributed by atoms with van der Waals surface area (Å²) in [5.74, 6) is 0.0390. The summed E-state index contributed by atoms with van der Waals surface area (Å²) in [6.45, 7) is 2.91. The molecule has 2 aromatic heterocycles. The van der Waals surface area contributed by atoms with E-state index in [4.69, 9.17) is 9.47 Å². The van der Waals surface area contributed by atoms with Crippen LogP contribution in [-0.4, -0.2) is 67.6 Å². The molecule has 1 aliphatic rings. The molecule has 0 bridgehead atoms. The van der Waals surface area contributed by atoms with Crippen molar-refractivity contribution in [3.8, 4) is 17.3 Å². The molecular formula is C22H26FN7O4. The number of ether oxygens (including phenoxy) is 2. The zero-order valence-electron chi connectivity index (χ0n) is 18.9. The van der Waals surface area contributed by atoms with E-state index in [0.29, 0.717) is 30.2 Å². The van der Waals surface area contributed by atoms with Gasteiger partial charge in [-0.25, -0.2) is 14.4 Å². The number of aliphatic hydroxyl groups excluding tert-OH is 1. The van der Waals surface area contributed by atoms with Crippen LogP contribution < -0.4 is 10.1 Å². The second-order valence-corrected chi connectivity index (χ2v) is 8.09. The fourth-order valence-corrected chi connectivity index (χ4v) is 3.64. The Balaban J connectivity index is 1.41. The first-order valence-electron chi connectivity index (χ1n) is 10.9. The van der Waals surface area contributed by atoms with Gasteiger partial charge in [-0.05, 0) is 48.7 Å². The maximum Gasteiger partial charge on any atom is 0.270 e. The van der Waals surface area contributed by atoms with Crippen LogP contribution >= 0.6 is 0 Å². The van der Waals surface area contributed by atoms with Crippen LogP contribution in [0.3, 0.4) is 0 Å². The summed E-state index contributed by atoms with van der Waals surface area (Å²) in [5, 5.41) is 24.5. The fraction of sp³-hybridized carbons (Fsp3) is 0.455. The molecule has 4 rings (SSSR count). The van der Waals surface area contributed by atoms with Crippen LogP contribution in [-0.2, 0) is 17.8 Å². The molecule has 3 heterocycles. The number of methoxy groups -OCH3 is 1. The van der Waals surface area contributed by atoms with E-state index in [2.05, 4.69) is 30.7 Å². The van der Waals surface area contributed by atoms with Gasteiger partial charge in [0.1, 0.15) is 17.2 Å². The number of carbonyl (C=O) groups excluding carboxylic acids is 1. The van der Waals surface area contributed by atoms with E-state index >= 15 is 0 Å². The van der Waals surface area contributed by atoms with Crippen molar-refractivity contribution in [3.05, 3.63) is 47.2 Å². The molecule has 34 heavy (non-hydrogen) atoms. The Morgan fingerprint density at radius 2 is 2.18 bits per heavy atom. The van der Waals surface area contributed by atoms with E-state index < -0.39 is 11.7 Å². The molecule has 0 spiro atoms. The lowest BCUT2D eigenvalue weighted by Gasteiger charge is -2.27. The molecule has 2 N–H and O–H groups in total. The lowest BCUT2D eigenvalue weighted by atomic mass is 9.99. The van der Waals surface area contributed by atoms with Crippen LogP contribution in [0.2, 0.25) is 0 Å². The Hall–Kier alpha value is -3.51. The van der Waals surface area contributed by atoms with Gasteiger partial charge in [-0.2, -0.15) is 4.80 Å². The molecule has 1 saturated heterocycles. The van der Waals surface area contributed by atoms with Crippen molar-refractivity contribution in [2.75, 3.05) is 20.3 Å². The van der Waals surface area contributed by atoms with Gasteiger partial charge in [-0.1, -0.05) is 6.07 Å². The lowest BCUT2D eigenvalue weighted by molar-refractivity contribution is -0.0402. The van der Waals surface area contributed by atoms with Crippen LogP contribution in [0.1, 0.15) is 34.7 Å². The Morgan fingerprint density at radius 1 is 1.32 bits per heavy atom. The molecule has 0 saturated carbocycles. The molecule has 1 aliphatic heterocycles. The van der Waals surface area contributed by atoms with Crippen molar-refractivity contribution in [1.82, 2.24) is 35.5 Å². The van der Waals surface area contributed by atoms with Crippen molar-refractivity contribution in [2.24, 2.45) is 5.92 Å². The maximum absolute atomic E-state index is 13.6. The molecule has 1 fully saturated rings. The Bertz CT molecular complexity index is 1150. The summed E-state index contributed by atoms with van der Waals surface area (Å²) in [6, 6.07) is 5.87. The maximum atomic E-state index is 13.6. The number of nitrogens with one attached hydrogen (secondary N) is 1. The minimum Gasteiger partial charge on any atom is -0.494 e. The number of halogens is 1. The first-order chi connectivity index (χ1) is 16.4. The summed E-state index contributed by atoms with van der Waals surface area (Å²) >= 11 is 0. The minimum absolute atomic E-state index is 0.0524. The minimum atomic E-state index is -0.474. The van der Waals surface area contributed by atoms with Gasteiger partial charge in [-0.15, -0.1) is 10.2 Å². The van der Waals surface area contributed by atoms with Crippen LogP contribution in [0, 0.1) is 18.7 Å². The van der Waals surface area contributed by atoms with Crippen molar-refractivity contribution in [3.63, 3.8) is 0 Å². The first-order valence-corrected chi connectivity index (χ1v) is 10.9. The molecular weight excluding hydrogens is 445 g/mol. The largest absolute Gasteiger partial charge is 0.494 e. The summed E-state index contributed by atoms with van der Waals surface area (Å²) in [4.78, 5) is 22.7. The van der Waals surface area contributed by atoms with Crippen LogP contribution in [0.5, 0.6) is 5.75 Å². The number of rotatable bonds is 8. The first kappa shape index (κ1) is 23.6. The van der Waals surface area contributed by atoms with Crippen molar-refractivity contribution in [1.29, 1.82) is 0 Å². The number of amides is 1. The Kier molecular flexibility index (Phi) is 7.38. The van der Waals surface area contributed by atoms with E-state index in [1.807, 2.05) is 0 Å². The van der Waals surface area contributed by atoms with E-state index in [-0.39, 0.29) is 42.4 Å². The molecule has 12 heteroatoms. The monoisotopic (exact) mass is 471 g/mol. The van der Waals surface area contributed by atoms with E-state index in [0.717, 1.165) is 12.8 Å². The quantitative estimate of drug-likeness (QED) is 0.498. The fourth-order valence-electron chi connectivity index (χ4n) is 3.64. The highest BCUT2D eigenvalue weighted by Gasteiger charge is 2.23. The standard InChI is InChI=1S/C22H26FN7O4/c1-13-25-18(21-27-29-30(28-21)10-16-5-3-15(11-31)12-34-16)8-19(26-13)22(32)24-9-14-4-6-17(23)20(7-14)33-2/h4,6-8,15-16,31H,3,5,9-12H2,1-2H3,(H,24,32). The summed E-state index contributed by atoms with van der Waals surface area (Å²) in [6.07, 6.45) is 1.64. The average Bonchev–Trinajstić information content (AvgIpc) is 3.32. The van der Waals surface area contributed by atoms with E-state index in [1.165, 1.54) is 30.1 Å². The average molecular weight is 471 g/mol. The molecule has 2 atom stereocenters. The number of carbonyl (C=O) groups is 1. The third kappa shape index (κ3) is 5.69. The predicted octanol–water partition coefficient (Wildman–Crippen LogP) is 1.30. The van der Waals surface area contributed by atoms with Gasteiger partial charge >= 0.3 is 0 Å². The molecule has 0 radical (unpaired) electrons. The Morgan fingerprint density at radius 3 is 2.91 bits per heavy atom. The molecule has 1 aromatic carbocycles. The normalized spacial score (nSPS) is 18.0. The van der Waals surface area contributed by atoms with Crippen molar-refractivity contribution < 1.29 is 23.8 Å². The van der Waals surface area contributed by atoms with E-state index in [9.17, 15) is 14.3 Å². The van der Waals surface area contributed by atoms with Crippen molar-refractivity contribution >= 4 is 5.91 Å². The number of benzene rings is 1. The van der Waals surface area contributed by atoms with Gasteiger partial charge in [0, 0.05) is 19.1 Å².